The van der Waals surface area contributed by atoms with Gasteiger partial charge in [-0.3, -0.25) is 27.7 Å². The summed E-state index contributed by atoms with van der Waals surface area (Å²) in [5.41, 5.74) is 7.86. The van der Waals surface area contributed by atoms with Crippen molar-refractivity contribution >= 4 is 52.3 Å². The number of hydrogen-bond donors (Lipinski definition) is 11. The van der Waals surface area contributed by atoms with Crippen LogP contribution in [0.3, 0.4) is 0 Å². The molecule has 5 rings (SSSR count). The average Bonchev–Trinajstić information content (AvgIpc) is 3.77. The van der Waals surface area contributed by atoms with Gasteiger partial charge in [-0.2, -0.15) is 8.88 Å². The Hall–Kier alpha value is -3.43. The monoisotopic (exact) mass is 858 g/mol. The van der Waals surface area contributed by atoms with Crippen molar-refractivity contribution in [3.05, 3.63) is 43.2 Å². The molecule has 2 fully saturated rings. The molecule has 30 heteroatoms. The van der Waals surface area contributed by atoms with E-state index in [1.165, 1.54) is 29.1 Å². The predicted molar refractivity (Wildman–Crippen MR) is 181 cm³/mol. The van der Waals surface area contributed by atoms with Crippen LogP contribution in [-0.2, 0) is 50.6 Å². The van der Waals surface area contributed by atoms with E-state index >= 15 is 0 Å². The minimum Gasteiger partial charge on any atom is -0.387 e. The third kappa shape index (κ3) is 10.2. The van der Waals surface area contributed by atoms with E-state index in [0.29, 0.717) is 0 Å². The van der Waals surface area contributed by atoms with Crippen LogP contribution in [0.15, 0.2) is 43.2 Å². The van der Waals surface area contributed by atoms with Crippen LogP contribution in [-0.4, -0.2) is 135 Å². The number of rotatable bonds is 19. The number of ether oxygens (including phenoxy) is 2. The fourth-order valence-electron chi connectivity index (χ4n) is 5.69. The summed E-state index contributed by atoms with van der Waals surface area (Å²) in [6.07, 6.45) is -7.89. The third-order valence-corrected chi connectivity index (χ3v) is 11.3. The maximum atomic E-state index is 13.6. The van der Waals surface area contributed by atoms with E-state index in [0.717, 1.165) is 17.2 Å². The number of aliphatic hydroxyl groups excluding tert-OH is 2. The molecule has 2 amide bonds. The van der Waals surface area contributed by atoms with Crippen molar-refractivity contribution < 1.29 is 90.1 Å². The predicted octanol–water partition coefficient (Wildman–Crippen LogP) is -3.85. The Kier molecular flexibility index (Phi) is 13.7. The molecule has 2 saturated heterocycles. The van der Waals surface area contributed by atoms with Crippen LogP contribution in [0.1, 0.15) is 18.9 Å². The molecule has 0 spiro atoms. The Bertz CT molecular complexity index is 2000. The Balaban J connectivity index is 1.35. The van der Waals surface area contributed by atoms with E-state index in [-0.39, 0.29) is 48.9 Å². The number of amides is 2. The Morgan fingerprint density at radius 1 is 0.982 bits per heavy atom. The van der Waals surface area contributed by atoms with E-state index in [2.05, 4.69) is 29.9 Å². The van der Waals surface area contributed by atoms with Gasteiger partial charge in [0.2, 0.25) is 11.5 Å². The van der Waals surface area contributed by atoms with Gasteiger partial charge in [-0.25, -0.2) is 28.6 Å². The molecular formula is C26H39N9O18P3+. The van der Waals surface area contributed by atoms with Crippen LogP contribution in [0, 0.1) is 0 Å². The molecule has 13 N–H and O–H groups in total. The van der Waals surface area contributed by atoms with Crippen LogP contribution >= 0.6 is 23.5 Å². The maximum Gasteiger partial charge on any atom is 0.483 e. The van der Waals surface area contributed by atoms with Gasteiger partial charge >= 0.3 is 23.5 Å². The zero-order valence-corrected chi connectivity index (χ0v) is 31.4. The lowest BCUT2D eigenvalue weighted by Gasteiger charge is -2.27. The van der Waals surface area contributed by atoms with Crippen LogP contribution in [0.2, 0.25) is 0 Å². The number of primary amides is 1. The maximum absolute atomic E-state index is 13.6. The summed E-state index contributed by atoms with van der Waals surface area (Å²) < 4.78 is 70.3. The lowest BCUT2D eigenvalue weighted by atomic mass is 9.91. The number of carbonyl (C=O) groups excluding carboxylic acids is 2. The van der Waals surface area contributed by atoms with Gasteiger partial charge < -0.3 is 66.5 Å². The number of imidazole rings is 1. The van der Waals surface area contributed by atoms with E-state index < -0.39 is 91.2 Å². The van der Waals surface area contributed by atoms with Gasteiger partial charge in [0.25, 0.3) is 12.1 Å². The average molecular weight is 859 g/mol. The van der Waals surface area contributed by atoms with Crippen LogP contribution in [0.4, 0.5) is 5.82 Å². The molecular weight excluding hydrogens is 819 g/mol. The molecule has 0 radical (unpaired) electrons. The second-order valence-electron chi connectivity index (χ2n) is 12.1. The summed E-state index contributed by atoms with van der Waals surface area (Å²) in [4.78, 5) is 75.0. The first-order valence-corrected chi connectivity index (χ1v) is 20.7. The number of nitrogens with one attached hydrogen (secondary N) is 2. The van der Waals surface area contributed by atoms with Crippen molar-refractivity contribution in [1.29, 1.82) is 0 Å². The Morgan fingerprint density at radius 2 is 1.68 bits per heavy atom. The van der Waals surface area contributed by atoms with Crippen molar-refractivity contribution in [2.24, 2.45) is 11.5 Å². The number of phosphoric acid groups is 3. The quantitative estimate of drug-likeness (QED) is 0.0406. The summed E-state index contributed by atoms with van der Waals surface area (Å²) in [5.74, 6) is -1.68. The third-order valence-electron chi connectivity index (χ3n) is 8.25. The number of carbonyl (C=O) groups is 2. The number of aromatic nitrogens is 5. The van der Waals surface area contributed by atoms with E-state index in [4.69, 9.17) is 34.5 Å². The molecule has 27 nitrogen and oxygen atoms in total. The standard InChI is InChI=1S/C26H38N9O18P3/c27-5-7-29-16(36)4-6-30-21-17-22(32-12-31-21)35(13-33-17)23-19(52-54(41,42)43)18(37)14(50-23)10-48-56(47,53-55(44,45)46)49-11-15-26(40,25(28)39)20(38)24(51-15)34-8-2-1-3-9-34/h1-3,8-9,12-15,18-20,23-24,37-38,40H,4-7,10-11,27H2,(H7-,28,29,30,31,32,36,39,41,42,43,44,45,46)/p+1/t14-,15-,18-,19-,20+,23-,24-,26-,56?/m1/s1. The number of nitrogens with two attached hydrogens (primary N) is 2. The second-order valence-corrected chi connectivity index (χ2v) is 16.3. The van der Waals surface area contributed by atoms with Gasteiger partial charge in [0.1, 0.15) is 30.7 Å². The highest BCUT2D eigenvalue weighted by atomic mass is 31.3. The molecule has 0 aliphatic carbocycles. The molecule has 2 aliphatic rings. The molecule has 3 aromatic rings. The highest BCUT2D eigenvalue weighted by Gasteiger charge is 2.64. The van der Waals surface area contributed by atoms with Gasteiger partial charge in [0.15, 0.2) is 41.7 Å². The SMILES string of the molecule is NCCNC(=O)CCNc1ncnc2c1ncn2[C@@H]1O[C@H](COP(=O)(OC[C@H]2O[C@@H]([n+]3ccccc3)[C@H](O)[C@@]2(O)C(N)=O)OP(=O)(O)O)[C@@H](O)[C@H]1OP(=O)(O)O. The minimum absolute atomic E-state index is 0.0260. The molecule has 0 saturated carbocycles. The van der Waals surface area contributed by atoms with E-state index in [9.17, 15) is 58.2 Å². The van der Waals surface area contributed by atoms with Crippen molar-refractivity contribution in [2.45, 2.75) is 55.0 Å². The normalized spacial score (nSPS) is 28.0. The summed E-state index contributed by atoms with van der Waals surface area (Å²) in [6.45, 7) is -1.75. The van der Waals surface area contributed by atoms with Crippen molar-refractivity contribution in [1.82, 2.24) is 24.8 Å². The number of hydrogen-bond acceptors (Lipinski definition) is 19. The van der Waals surface area contributed by atoms with Crippen molar-refractivity contribution in [3.63, 3.8) is 0 Å². The van der Waals surface area contributed by atoms with E-state index in [1.54, 1.807) is 6.07 Å². The molecule has 2 aliphatic heterocycles. The van der Waals surface area contributed by atoms with Gasteiger partial charge in [-0.1, -0.05) is 6.07 Å². The number of pyridine rings is 1. The van der Waals surface area contributed by atoms with E-state index in [1.807, 2.05) is 0 Å². The fraction of sp³-hybridized carbons (Fsp3) is 0.538. The molecule has 310 valence electrons. The van der Waals surface area contributed by atoms with Crippen LogP contribution in [0.25, 0.3) is 11.2 Å². The first kappa shape index (κ1) is 43.7. The molecule has 5 heterocycles. The number of fused-ring (bicyclic) bond motifs is 1. The summed E-state index contributed by atoms with van der Waals surface area (Å²) in [7, 11) is -16.7. The Morgan fingerprint density at radius 3 is 2.32 bits per heavy atom. The first-order valence-electron chi connectivity index (χ1n) is 16.2. The minimum atomic E-state index is -5.74. The Labute approximate surface area is 314 Å². The zero-order chi connectivity index (χ0) is 41.1. The highest BCUT2D eigenvalue weighted by Crippen LogP contribution is 2.62. The van der Waals surface area contributed by atoms with Crippen LogP contribution < -0.4 is 26.7 Å². The molecule has 9 atom stereocenters. The molecule has 1 unspecified atom stereocenters. The topological polar surface area (TPSA) is 406 Å². The molecule has 3 aromatic heterocycles. The lowest BCUT2D eigenvalue weighted by molar-refractivity contribution is -0.765. The largest absolute Gasteiger partial charge is 0.483 e. The highest BCUT2D eigenvalue weighted by molar-refractivity contribution is 7.61. The van der Waals surface area contributed by atoms with Gasteiger partial charge in [0.05, 0.1) is 19.5 Å². The number of aliphatic hydroxyl groups is 3. The lowest BCUT2D eigenvalue weighted by Crippen LogP contribution is -2.60. The smallest absolute Gasteiger partial charge is 0.387 e. The number of anilines is 1. The summed E-state index contributed by atoms with van der Waals surface area (Å²) >= 11 is 0. The van der Waals surface area contributed by atoms with Crippen LogP contribution in [0.5, 0.6) is 0 Å². The van der Waals surface area contributed by atoms with Gasteiger partial charge in [0, 0.05) is 38.2 Å². The zero-order valence-electron chi connectivity index (χ0n) is 28.7. The number of nitrogens with zero attached hydrogens (tertiary/aromatic N) is 5. The number of phosphoric ester groups is 2. The van der Waals surface area contributed by atoms with Crippen molar-refractivity contribution in [3.8, 4) is 0 Å². The summed E-state index contributed by atoms with van der Waals surface area (Å²) in [6, 6.07) is 4.65. The van der Waals surface area contributed by atoms with Gasteiger partial charge in [-0.05, 0) is 0 Å². The molecule has 0 bridgehead atoms. The molecule has 56 heavy (non-hydrogen) atoms. The summed E-state index contributed by atoms with van der Waals surface area (Å²) in [5, 5.41) is 38.5. The second kappa shape index (κ2) is 17.6. The van der Waals surface area contributed by atoms with Crippen molar-refractivity contribution in [2.75, 3.05) is 38.2 Å². The fourth-order valence-corrected chi connectivity index (χ4v) is 8.38. The van der Waals surface area contributed by atoms with Gasteiger partial charge in [-0.15, -0.1) is 0 Å². The first-order chi connectivity index (χ1) is 26.3. The molecule has 0 aromatic carbocycles.